The van der Waals surface area contributed by atoms with Gasteiger partial charge in [0.25, 0.3) is 0 Å². The topological polar surface area (TPSA) is 47.6 Å². The number of hydrogen-bond donors (Lipinski definition) is 1. The molecule has 0 saturated carbocycles. The van der Waals surface area contributed by atoms with Gasteiger partial charge in [0.05, 0.1) is 12.8 Å². The SMILES string of the molecule is COc1ccc2c(NC(=O)OCc3ccccc3)cccc2c1. The first-order valence-corrected chi connectivity index (χ1v) is 7.31. The summed E-state index contributed by atoms with van der Waals surface area (Å²) in [7, 11) is 1.63. The van der Waals surface area contributed by atoms with E-state index in [9.17, 15) is 4.79 Å². The molecule has 1 amide bonds. The molecule has 0 unspecified atom stereocenters. The highest BCUT2D eigenvalue weighted by atomic mass is 16.5. The summed E-state index contributed by atoms with van der Waals surface area (Å²) in [5.74, 6) is 0.779. The molecule has 0 fully saturated rings. The van der Waals surface area contributed by atoms with Gasteiger partial charge in [0.1, 0.15) is 12.4 Å². The van der Waals surface area contributed by atoms with Crippen LogP contribution in [0.5, 0.6) is 5.75 Å². The molecule has 116 valence electrons. The van der Waals surface area contributed by atoms with Crippen LogP contribution in [0.2, 0.25) is 0 Å². The summed E-state index contributed by atoms with van der Waals surface area (Å²) in [6.07, 6.45) is -0.475. The van der Waals surface area contributed by atoms with Crippen LogP contribution in [-0.2, 0) is 11.3 Å². The molecule has 0 atom stereocenters. The molecule has 0 aromatic heterocycles. The zero-order chi connectivity index (χ0) is 16.1. The third kappa shape index (κ3) is 3.61. The summed E-state index contributed by atoms with van der Waals surface area (Å²) in [5.41, 5.74) is 1.66. The van der Waals surface area contributed by atoms with Gasteiger partial charge in [-0.3, -0.25) is 5.32 Å². The van der Waals surface area contributed by atoms with E-state index in [1.54, 1.807) is 7.11 Å². The first-order chi connectivity index (χ1) is 11.3. The highest BCUT2D eigenvalue weighted by molar-refractivity contribution is 6.00. The molecule has 0 spiro atoms. The molecule has 3 aromatic rings. The second-order valence-corrected chi connectivity index (χ2v) is 5.08. The van der Waals surface area contributed by atoms with E-state index < -0.39 is 6.09 Å². The Hall–Kier alpha value is -3.01. The number of nitrogens with one attached hydrogen (secondary N) is 1. The van der Waals surface area contributed by atoms with Gasteiger partial charge in [-0.15, -0.1) is 0 Å². The molecule has 4 heteroatoms. The molecule has 0 bridgehead atoms. The predicted molar refractivity (Wildman–Crippen MR) is 90.7 cm³/mol. The summed E-state index contributed by atoms with van der Waals surface area (Å²) < 4.78 is 10.5. The minimum absolute atomic E-state index is 0.241. The summed E-state index contributed by atoms with van der Waals surface area (Å²) in [6, 6.07) is 21.0. The molecule has 4 nitrogen and oxygen atoms in total. The van der Waals surface area contributed by atoms with Crippen molar-refractivity contribution in [2.75, 3.05) is 12.4 Å². The van der Waals surface area contributed by atoms with E-state index in [2.05, 4.69) is 5.32 Å². The fourth-order valence-electron chi connectivity index (χ4n) is 2.37. The number of carbonyl (C=O) groups excluding carboxylic acids is 1. The van der Waals surface area contributed by atoms with Crippen LogP contribution in [0.1, 0.15) is 5.56 Å². The van der Waals surface area contributed by atoms with Gasteiger partial charge in [-0.05, 0) is 35.2 Å². The van der Waals surface area contributed by atoms with Crippen LogP contribution in [0.3, 0.4) is 0 Å². The summed E-state index contributed by atoms with van der Waals surface area (Å²) in [6.45, 7) is 0.241. The molecular formula is C19H17NO3. The zero-order valence-corrected chi connectivity index (χ0v) is 12.8. The van der Waals surface area contributed by atoms with Gasteiger partial charge in [-0.25, -0.2) is 4.79 Å². The van der Waals surface area contributed by atoms with Gasteiger partial charge in [-0.2, -0.15) is 0 Å². The van der Waals surface area contributed by atoms with Crippen molar-refractivity contribution in [1.29, 1.82) is 0 Å². The Labute approximate surface area is 134 Å². The van der Waals surface area contributed by atoms with Crippen LogP contribution in [0.15, 0.2) is 66.7 Å². The van der Waals surface area contributed by atoms with Crippen LogP contribution < -0.4 is 10.1 Å². The van der Waals surface area contributed by atoms with E-state index >= 15 is 0 Å². The van der Waals surface area contributed by atoms with Crippen molar-refractivity contribution in [3.8, 4) is 5.75 Å². The third-order valence-corrected chi connectivity index (χ3v) is 3.54. The van der Waals surface area contributed by atoms with Crippen LogP contribution in [0.4, 0.5) is 10.5 Å². The quantitative estimate of drug-likeness (QED) is 0.766. The first-order valence-electron chi connectivity index (χ1n) is 7.31. The van der Waals surface area contributed by atoms with Crippen LogP contribution in [0.25, 0.3) is 10.8 Å². The van der Waals surface area contributed by atoms with E-state index in [0.29, 0.717) is 5.69 Å². The van der Waals surface area contributed by atoms with Crippen molar-refractivity contribution >= 4 is 22.6 Å². The lowest BCUT2D eigenvalue weighted by Gasteiger charge is -2.10. The van der Waals surface area contributed by atoms with Gasteiger partial charge in [0.15, 0.2) is 0 Å². The number of fused-ring (bicyclic) bond motifs is 1. The molecule has 0 radical (unpaired) electrons. The Bertz CT molecular complexity index is 815. The van der Waals surface area contributed by atoms with E-state index in [-0.39, 0.29) is 6.61 Å². The van der Waals surface area contributed by atoms with Crippen molar-refractivity contribution in [1.82, 2.24) is 0 Å². The molecule has 3 rings (SSSR count). The maximum Gasteiger partial charge on any atom is 0.411 e. The summed E-state index contributed by atoms with van der Waals surface area (Å²) in [5, 5.41) is 4.72. The van der Waals surface area contributed by atoms with Crippen molar-refractivity contribution < 1.29 is 14.3 Å². The van der Waals surface area contributed by atoms with E-state index in [4.69, 9.17) is 9.47 Å². The average molecular weight is 307 g/mol. The molecule has 0 aliphatic carbocycles. The van der Waals surface area contributed by atoms with E-state index in [1.807, 2.05) is 66.7 Å². The Morgan fingerprint density at radius 1 is 1.00 bits per heavy atom. The Kier molecular flexibility index (Phi) is 4.43. The Balaban J connectivity index is 1.72. The molecule has 0 aliphatic heterocycles. The summed E-state index contributed by atoms with van der Waals surface area (Å²) in [4.78, 5) is 12.0. The highest BCUT2D eigenvalue weighted by Gasteiger charge is 2.07. The lowest BCUT2D eigenvalue weighted by molar-refractivity contribution is 0.155. The van der Waals surface area contributed by atoms with Gasteiger partial charge in [0.2, 0.25) is 0 Å². The number of ether oxygens (including phenoxy) is 2. The van der Waals surface area contributed by atoms with E-state index in [0.717, 1.165) is 22.1 Å². The summed E-state index contributed by atoms with van der Waals surface area (Å²) >= 11 is 0. The van der Waals surface area contributed by atoms with Gasteiger partial charge in [-0.1, -0.05) is 42.5 Å². The second kappa shape index (κ2) is 6.83. The van der Waals surface area contributed by atoms with Crippen molar-refractivity contribution in [3.63, 3.8) is 0 Å². The fourth-order valence-corrected chi connectivity index (χ4v) is 2.37. The van der Waals surface area contributed by atoms with Crippen LogP contribution in [0, 0.1) is 0 Å². The van der Waals surface area contributed by atoms with Gasteiger partial charge < -0.3 is 9.47 Å². The minimum atomic E-state index is -0.475. The van der Waals surface area contributed by atoms with Crippen molar-refractivity contribution in [3.05, 3.63) is 72.3 Å². The number of amides is 1. The largest absolute Gasteiger partial charge is 0.497 e. The molecule has 1 N–H and O–H groups in total. The van der Waals surface area contributed by atoms with Gasteiger partial charge >= 0.3 is 6.09 Å². The van der Waals surface area contributed by atoms with Gasteiger partial charge in [0, 0.05) is 5.39 Å². The average Bonchev–Trinajstić information content (AvgIpc) is 2.60. The maximum absolute atomic E-state index is 12.0. The zero-order valence-electron chi connectivity index (χ0n) is 12.8. The first kappa shape index (κ1) is 14.9. The molecule has 3 aromatic carbocycles. The maximum atomic E-state index is 12.0. The lowest BCUT2D eigenvalue weighted by atomic mass is 10.1. The molecule has 0 heterocycles. The molecular weight excluding hydrogens is 290 g/mol. The fraction of sp³-hybridized carbons (Fsp3) is 0.105. The van der Waals surface area contributed by atoms with E-state index in [1.165, 1.54) is 0 Å². The molecule has 0 saturated heterocycles. The predicted octanol–water partition coefficient (Wildman–Crippen LogP) is 4.60. The monoisotopic (exact) mass is 307 g/mol. The minimum Gasteiger partial charge on any atom is -0.497 e. The lowest BCUT2D eigenvalue weighted by Crippen LogP contribution is -2.13. The van der Waals surface area contributed by atoms with Crippen LogP contribution in [-0.4, -0.2) is 13.2 Å². The Morgan fingerprint density at radius 3 is 2.61 bits per heavy atom. The van der Waals surface area contributed by atoms with Crippen molar-refractivity contribution in [2.24, 2.45) is 0 Å². The number of methoxy groups -OCH3 is 1. The standard InChI is InChI=1S/C19H17NO3/c1-22-16-10-11-17-15(12-16)8-5-9-18(17)20-19(21)23-13-14-6-3-2-4-7-14/h2-12H,13H2,1H3,(H,20,21). The number of rotatable bonds is 4. The number of carbonyl (C=O) groups is 1. The second-order valence-electron chi connectivity index (χ2n) is 5.08. The van der Waals surface area contributed by atoms with Crippen molar-refractivity contribution in [2.45, 2.75) is 6.61 Å². The van der Waals surface area contributed by atoms with Crippen LogP contribution >= 0.6 is 0 Å². The highest BCUT2D eigenvalue weighted by Crippen LogP contribution is 2.27. The smallest absolute Gasteiger partial charge is 0.411 e. The molecule has 23 heavy (non-hydrogen) atoms. The normalized spacial score (nSPS) is 10.3. The molecule has 0 aliphatic rings. The third-order valence-electron chi connectivity index (χ3n) is 3.54. The number of hydrogen-bond acceptors (Lipinski definition) is 3. The number of benzene rings is 3. The Morgan fingerprint density at radius 2 is 1.83 bits per heavy atom. The number of anilines is 1.